The quantitative estimate of drug-likeness (QED) is 0.305. The highest BCUT2D eigenvalue weighted by Crippen LogP contribution is 2.40. The van der Waals surface area contributed by atoms with E-state index in [1.54, 1.807) is 60.7 Å². The number of hydrogen-bond donors (Lipinski definition) is 1. The number of ketones is 1. The van der Waals surface area contributed by atoms with Gasteiger partial charge in [0.2, 0.25) is 6.79 Å². The SMILES string of the molecule is COc1ccc(C(CC(=O)c2ccc3c(c2)OCO3)c2c(O)c3ccccc3oc2=O)cc1OC. The minimum Gasteiger partial charge on any atom is -0.507 e. The van der Waals surface area contributed by atoms with Crippen LogP contribution in [0.5, 0.6) is 28.7 Å². The number of carbonyl (C=O) groups is 1. The molecule has 2 heterocycles. The number of methoxy groups -OCH3 is 2. The fourth-order valence-electron chi connectivity index (χ4n) is 4.28. The van der Waals surface area contributed by atoms with Crippen LogP contribution >= 0.6 is 0 Å². The topological polar surface area (TPSA) is 104 Å². The van der Waals surface area contributed by atoms with Crippen molar-refractivity contribution in [3.05, 3.63) is 87.8 Å². The molecule has 0 saturated carbocycles. The first kappa shape index (κ1) is 22.3. The van der Waals surface area contributed by atoms with Gasteiger partial charge in [-0.3, -0.25) is 4.79 Å². The number of carbonyl (C=O) groups excluding carboxylic acids is 1. The zero-order valence-electron chi connectivity index (χ0n) is 19.1. The molecule has 0 aliphatic carbocycles. The zero-order valence-corrected chi connectivity index (χ0v) is 19.1. The Morgan fingerprint density at radius 1 is 0.971 bits per heavy atom. The molecule has 0 spiro atoms. The summed E-state index contributed by atoms with van der Waals surface area (Å²) in [7, 11) is 3.01. The van der Waals surface area contributed by atoms with Crippen molar-refractivity contribution in [1.29, 1.82) is 0 Å². The Labute approximate surface area is 200 Å². The third-order valence-corrected chi connectivity index (χ3v) is 6.06. The van der Waals surface area contributed by atoms with Crippen LogP contribution in [0.15, 0.2) is 69.9 Å². The van der Waals surface area contributed by atoms with E-state index in [1.165, 1.54) is 14.2 Å². The number of ether oxygens (including phenoxy) is 4. The van der Waals surface area contributed by atoms with Crippen LogP contribution in [0, 0.1) is 0 Å². The monoisotopic (exact) mass is 474 g/mol. The minimum absolute atomic E-state index is 0.00925. The van der Waals surface area contributed by atoms with Crippen LogP contribution in [0.2, 0.25) is 0 Å². The highest BCUT2D eigenvalue weighted by molar-refractivity contribution is 5.98. The van der Waals surface area contributed by atoms with Crippen molar-refractivity contribution in [2.24, 2.45) is 0 Å². The van der Waals surface area contributed by atoms with Gasteiger partial charge in [0.05, 0.1) is 25.2 Å². The van der Waals surface area contributed by atoms with Crippen LogP contribution in [-0.4, -0.2) is 31.9 Å². The molecule has 35 heavy (non-hydrogen) atoms. The van der Waals surface area contributed by atoms with Gasteiger partial charge in [-0.25, -0.2) is 4.79 Å². The van der Waals surface area contributed by atoms with Crippen molar-refractivity contribution in [2.45, 2.75) is 12.3 Å². The van der Waals surface area contributed by atoms with E-state index in [9.17, 15) is 14.7 Å². The molecule has 8 nitrogen and oxygen atoms in total. The molecule has 3 aromatic carbocycles. The molecule has 1 unspecified atom stereocenters. The van der Waals surface area contributed by atoms with Crippen molar-refractivity contribution in [3.8, 4) is 28.7 Å². The van der Waals surface area contributed by atoms with Crippen LogP contribution in [-0.2, 0) is 0 Å². The Hall–Kier alpha value is -4.46. The Morgan fingerprint density at radius 2 is 1.74 bits per heavy atom. The van der Waals surface area contributed by atoms with Gasteiger partial charge in [0, 0.05) is 17.9 Å². The second-order valence-corrected chi connectivity index (χ2v) is 8.01. The number of hydrogen-bond acceptors (Lipinski definition) is 8. The second-order valence-electron chi connectivity index (χ2n) is 8.01. The minimum atomic E-state index is -0.825. The van der Waals surface area contributed by atoms with Gasteiger partial charge in [-0.2, -0.15) is 0 Å². The maximum absolute atomic E-state index is 13.4. The smallest absolute Gasteiger partial charge is 0.343 e. The average molecular weight is 474 g/mol. The van der Waals surface area contributed by atoms with Gasteiger partial charge in [0.1, 0.15) is 11.3 Å². The molecule has 1 aliphatic rings. The standard InChI is InChI=1S/C27H22O8/c1-31-21-9-7-15(11-23(21)32-2)18(13-19(28)16-8-10-22-24(12-16)34-14-33-22)25-26(29)17-5-3-4-6-20(17)35-27(25)30/h3-12,18,29H,13-14H2,1-2H3. The summed E-state index contributed by atoms with van der Waals surface area (Å²) in [6.45, 7) is 0.0905. The number of aromatic hydroxyl groups is 1. The maximum Gasteiger partial charge on any atom is 0.343 e. The zero-order chi connectivity index (χ0) is 24.5. The van der Waals surface area contributed by atoms with Crippen LogP contribution in [0.3, 0.4) is 0 Å². The molecule has 178 valence electrons. The van der Waals surface area contributed by atoms with Crippen molar-refractivity contribution in [3.63, 3.8) is 0 Å². The van der Waals surface area contributed by atoms with Gasteiger partial charge in [-0.15, -0.1) is 0 Å². The van der Waals surface area contributed by atoms with Gasteiger partial charge < -0.3 is 28.5 Å². The van der Waals surface area contributed by atoms with Crippen LogP contribution in [0.1, 0.15) is 33.8 Å². The van der Waals surface area contributed by atoms with Crippen LogP contribution < -0.4 is 24.6 Å². The molecule has 0 saturated heterocycles. The number of para-hydroxylation sites is 1. The second kappa shape index (κ2) is 9.06. The summed E-state index contributed by atoms with van der Waals surface area (Å²) in [5.74, 6) is 0.651. The maximum atomic E-state index is 13.4. The van der Waals surface area contributed by atoms with Gasteiger partial charge >= 0.3 is 5.63 Å². The fourth-order valence-corrected chi connectivity index (χ4v) is 4.28. The summed E-state index contributed by atoms with van der Waals surface area (Å²) in [6, 6.07) is 16.7. The molecular formula is C27H22O8. The van der Waals surface area contributed by atoms with Crippen molar-refractivity contribution >= 4 is 16.8 Å². The summed E-state index contributed by atoms with van der Waals surface area (Å²) >= 11 is 0. The lowest BCUT2D eigenvalue weighted by atomic mass is 9.85. The third kappa shape index (κ3) is 4.03. The molecule has 0 fully saturated rings. The van der Waals surface area contributed by atoms with Gasteiger partial charge in [0.15, 0.2) is 28.8 Å². The Morgan fingerprint density at radius 3 is 2.54 bits per heavy atom. The normalized spacial score (nSPS) is 13.0. The van der Waals surface area contributed by atoms with Crippen molar-refractivity contribution in [2.75, 3.05) is 21.0 Å². The lowest BCUT2D eigenvalue weighted by Gasteiger charge is -2.20. The predicted octanol–water partition coefficient (Wildman–Crippen LogP) is 4.65. The highest BCUT2D eigenvalue weighted by atomic mass is 16.7. The summed E-state index contributed by atoms with van der Waals surface area (Å²) < 4.78 is 27.0. The number of benzene rings is 3. The Bertz CT molecular complexity index is 1490. The highest BCUT2D eigenvalue weighted by Gasteiger charge is 2.29. The van der Waals surface area contributed by atoms with E-state index in [2.05, 4.69) is 0 Å². The van der Waals surface area contributed by atoms with Gasteiger partial charge in [-0.1, -0.05) is 18.2 Å². The molecule has 1 aromatic heterocycles. The molecule has 8 heteroatoms. The molecule has 0 radical (unpaired) electrons. The molecule has 0 bridgehead atoms. The van der Waals surface area contributed by atoms with E-state index in [4.69, 9.17) is 23.4 Å². The summed E-state index contributed by atoms with van der Waals surface area (Å²) in [4.78, 5) is 26.5. The van der Waals surface area contributed by atoms with E-state index < -0.39 is 11.5 Å². The summed E-state index contributed by atoms with van der Waals surface area (Å²) in [5.41, 5.74) is 0.496. The molecule has 1 N–H and O–H groups in total. The average Bonchev–Trinajstić information content (AvgIpc) is 3.35. The van der Waals surface area contributed by atoms with E-state index in [0.29, 0.717) is 39.5 Å². The lowest BCUT2D eigenvalue weighted by molar-refractivity contribution is 0.0976. The molecule has 1 aliphatic heterocycles. The largest absolute Gasteiger partial charge is 0.507 e. The van der Waals surface area contributed by atoms with Crippen molar-refractivity contribution < 1.29 is 33.3 Å². The molecular weight excluding hydrogens is 452 g/mol. The predicted molar refractivity (Wildman–Crippen MR) is 127 cm³/mol. The van der Waals surface area contributed by atoms with Crippen LogP contribution in [0.25, 0.3) is 11.0 Å². The summed E-state index contributed by atoms with van der Waals surface area (Å²) in [6.07, 6.45) is -0.119. The van der Waals surface area contributed by atoms with E-state index in [-0.39, 0.29) is 35.9 Å². The molecule has 5 rings (SSSR count). The van der Waals surface area contributed by atoms with Gasteiger partial charge in [0.25, 0.3) is 0 Å². The lowest BCUT2D eigenvalue weighted by Crippen LogP contribution is -2.18. The fraction of sp³-hybridized carbons (Fsp3) is 0.185. The summed E-state index contributed by atoms with van der Waals surface area (Å²) in [5, 5.41) is 11.5. The Balaban J connectivity index is 1.64. The first-order valence-electron chi connectivity index (χ1n) is 10.9. The number of rotatable bonds is 7. The van der Waals surface area contributed by atoms with Crippen LogP contribution in [0.4, 0.5) is 0 Å². The Kier molecular flexibility index (Phi) is 5.78. The van der Waals surface area contributed by atoms with Crippen molar-refractivity contribution in [1.82, 2.24) is 0 Å². The number of Topliss-reactive ketones (excluding diaryl/α,β-unsaturated/α-hetero) is 1. The molecule has 1 atom stereocenters. The van der Waals surface area contributed by atoms with E-state index >= 15 is 0 Å². The van der Waals surface area contributed by atoms with E-state index in [1.807, 2.05) is 0 Å². The van der Waals surface area contributed by atoms with E-state index in [0.717, 1.165) is 0 Å². The van der Waals surface area contributed by atoms with Gasteiger partial charge in [-0.05, 0) is 48.0 Å². The number of fused-ring (bicyclic) bond motifs is 2. The molecule has 4 aromatic rings. The molecule has 0 amide bonds. The first-order chi connectivity index (χ1) is 17.0. The third-order valence-electron chi connectivity index (χ3n) is 6.06. The first-order valence-corrected chi connectivity index (χ1v) is 10.9.